The van der Waals surface area contributed by atoms with Crippen LogP contribution in [0.25, 0.3) is 10.9 Å². The number of hydrogen-bond donors (Lipinski definition) is 1. The molecule has 0 atom stereocenters. The Morgan fingerprint density at radius 3 is 2.50 bits per heavy atom. The summed E-state index contributed by atoms with van der Waals surface area (Å²) in [6.07, 6.45) is 0. The van der Waals surface area contributed by atoms with E-state index >= 15 is 0 Å². The number of esters is 1. The summed E-state index contributed by atoms with van der Waals surface area (Å²) in [6, 6.07) is 10.6. The Bertz CT molecular complexity index is 1260. The lowest BCUT2D eigenvalue weighted by molar-refractivity contribution is -0.0126. The summed E-state index contributed by atoms with van der Waals surface area (Å²) in [5.74, 6) is -0.487. The highest BCUT2D eigenvalue weighted by Gasteiger charge is 2.30. The first-order valence-corrected chi connectivity index (χ1v) is 10.7. The molecule has 1 aliphatic rings. The Morgan fingerprint density at radius 2 is 1.79 bits per heavy atom. The number of aryl methyl sites for hydroxylation is 1. The molecule has 0 spiro atoms. The molecule has 4 rings (SSSR count). The number of nitrogens with one attached hydrogen (secondary N) is 1. The summed E-state index contributed by atoms with van der Waals surface area (Å²) >= 11 is 0. The number of piperazine rings is 1. The quantitative estimate of drug-likeness (QED) is 0.314. The highest BCUT2D eigenvalue weighted by atomic mass is 16.7. The molecule has 1 amide bonds. The van der Waals surface area contributed by atoms with E-state index in [4.69, 9.17) is 18.7 Å². The predicted octanol–water partition coefficient (Wildman–Crippen LogP) is 1.83. The molecule has 2 aromatic heterocycles. The highest BCUT2D eigenvalue weighted by Crippen LogP contribution is 2.30. The molecule has 1 N–H and O–H groups in total. The first-order chi connectivity index (χ1) is 16.5. The van der Waals surface area contributed by atoms with Gasteiger partial charge in [0, 0.05) is 51.8 Å². The number of amides is 1. The van der Waals surface area contributed by atoms with Crippen LogP contribution in [0.15, 0.2) is 45.6 Å². The standard InChI is InChI=1S/C23H26N4O7/c1-25-16-7-5-4-6-15(16)20(19(22(25)29)23(30)33-14-31-2)26-10-12-27(13-11-26)21(28)17-8-9-18(34-17)24-32-3/h4-9,24H,10-14H2,1-3H3. The highest BCUT2D eigenvalue weighted by molar-refractivity contribution is 6.05. The van der Waals surface area contributed by atoms with E-state index in [0.717, 1.165) is 5.39 Å². The number of ether oxygens (including phenoxy) is 2. The van der Waals surface area contributed by atoms with Gasteiger partial charge in [0.15, 0.2) is 12.6 Å². The van der Waals surface area contributed by atoms with Crippen molar-refractivity contribution >= 4 is 34.4 Å². The molecule has 0 aliphatic carbocycles. The molecular weight excluding hydrogens is 444 g/mol. The Balaban J connectivity index is 1.63. The summed E-state index contributed by atoms with van der Waals surface area (Å²) in [5.41, 5.74) is 3.22. The molecule has 1 aliphatic heterocycles. The van der Waals surface area contributed by atoms with Gasteiger partial charge in [-0.1, -0.05) is 18.2 Å². The maximum absolute atomic E-state index is 13.2. The zero-order valence-electron chi connectivity index (χ0n) is 19.2. The fraction of sp³-hybridized carbons (Fsp3) is 0.348. The van der Waals surface area contributed by atoms with E-state index in [-0.39, 0.29) is 24.0 Å². The van der Waals surface area contributed by atoms with Crippen LogP contribution in [0.2, 0.25) is 0 Å². The van der Waals surface area contributed by atoms with Crippen LogP contribution < -0.4 is 15.9 Å². The second-order valence-corrected chi connectivity index (χ2v) is 7.69. The van der Waals surface area contributed by atoms with Crippen molar-refractivity contribution in [2.45, 2.75) is 0 Å². The number of rotatable bonds is 7. The zero-order valence-corrected chi connectivity index (χ0v) is 19.2. The summed E-state index contributed by atoms with van der Waals surface area (Å²) in [6.45, 7) is 1.32. The summed E-state index contributed by atoms with van der Waals surface area (Å²) in [4.78, 5) is 47.3. The van der Waals surface area contributed by atoms with E-state index in [9.17, 15) is 14.4 Å². The Hall–Kier alpha value is -3.83. The van der Waals surface area contributed by atoms with Gasteiger partial charge < -0.3 is 28.3 Å². The van der Waals surface area contributed by atoms with Crippen LogP contribution in [0.5, 0.6) is 0 Å². The monoisotopic (exact) mass is 470 g/mol. The minimum absolute atomic E-state index is 0.0562. The van der Waals surface area contributed by atoms with Gasteiger partial charge in [-0.2, -0.15) is 0 Å². The lowest BCUT2D eigenvalue weighted by atomic mass is 10.1. The Labute approximate surface area is 195 Å². The molecule has 34 heavy (non-hydrogen) atoms. The van der Waals surface area contributed by atoms with Gasteiger partial charge in [-0.25, -0.2) is 10.3 Å². The van der Waals surface area contributed by atoms with E-state index in [1.165, 1.54) is 18.8 Å². The molecule has 1 saturated heterocycles. The molecule has 0 unspecified atom stereocenters. The van der Waals surface area contributed by atoms with Crippen molar-refractivity contribution in [2.75, 3.05) is 57.6 Å². The van der Waals surface area contributed by atoms with Crippen LogP contribution in [0.4, 0.5) is 11.6 Å². The number of pyridine rings is 1. The summed E-state index contributed by atoms with van der Waals surface area (Å²) < 4.78 is 16.9. The molecular formula is C23H26N4O7. The summed E-state index contributed by atoms with van der Waals surface area (Å²) in [5, 5.41) is 0.745. The maximum Gasteiger partial charge on any atom is 0.348 e. The fourth-order valence-electron chi connectivity index (χ4n) is 4.07. The van der Waals surface area contributed by atoms with Crippen molar-refractivity contribution in [3.8, 4) is 0 Å². The number of para-hydroxylation sites is 1. The van der Waals surface area contributed by atoms with Crippen LogP contribution in [0.3, 0.4) is 0 Å². The molecule has 0 saturated carbocycles. The molecule has 3 aromatic rings. The van der Waals surface area contributed by atoms with Gasteiger partial charge in [0.2, 0.25) is 5.88 Å². The van der Waals surface area contributed by atoms with Crippen molar-refractivity contribution < 1.29 is 28.3 Å². The van der Waals surface area contributed by atoms with Gasteiger partial charge in [0.25, 0.3) is 11.5 Å². The SMILES string of the molecule is COCOC(=O)c1c(N2CCN(C(=O)c3ccc(NOC)o3)CC2)c2ccccc2n(C)c1=O. The maximum atomic E-state index is 13.2. The van der Waals surface area contributed by atoms with Crippen molar-refractivity contribution in [1.82, 2.24) is 9.47 Å². The Morgan fingerprint density at radius 1 is 1.06 bits per heavy atom. The van der Waals surface area contributed by atoms with Gasteiger partial charge in [0.1, 0.15) is 5.56 Å². The molecule has 1 aromatic carbocycles. The minimum Gasteiger partial charge on any atom is -0.435 e. The van der Waals surface area contributed by atoms with Crippen LogP contribution in [0.1, 0.15) is 20.9 Å². The zero-order chi connectivity index (χ0) is 24.2. The summed E-state index contributed by atoms with van der Waals surface area (Å²) in [7, 11) is 4.47. The minimum atomic E-state index is -0.754. The van der Waals surface area contributed by atoms with E-state index in [0.29, 0.717) is 43.3 Å². The number of hydrogen-bond acceptors (Lipinski definition) is 9. The van der Waals surface area contributed by atoms with Gasteiger partial charge in [-0.05, 0) is 12.1 Å². The molecule has 11 nitrogen and oxygen atoms in total. The number of aromatic nitrogens is 1. The van der Waals surface area contributed by atoms with Crippen LogP contribution in [0, 0.1) is 0 Å². The number of anilines is 2. The van der Waals surface area contributed by atoms with Crippen LogP contribution in [-0.4, -0.2) is 68.5 Å². The van der Waals surface area contributed by atoms with Crippen LogP contribution in [-0.2, 0) is 21.4 Å². The number of nitrogens with zero attached hydrogens (tertiary/aromatic N) is 3. The second-order valence-electron chi connectivity index (χ2n) is 7.69. The van der Waals surface area contributed by atoms with Crippen molar-refractivity contribution in [2.24, 2.45) is 7.05 Å². The normalized spacial score (nSPS) is 13.9. The molecule has 1 fully saturated rings. The number of benzene rings is 1. The van der Waals surface area contributed by atoms with Crippen molar-refractivity contribution in [1.29, 1.82) is 0 Å². The van der Waals surface area contributed by atoms with Crippen LogP contribution >= 0.6 is 0 Å². The topological polar surface area (TPSA) is 115 Å². The average Bonchev–Trinajstić information content (AvgIpc) is 3.33. The smallest absolute Gasteiger partial charge is 0.348 e. The molecule has 11 heteroatoms. The van der Waals surface area contributed by atoms with Gasteiger partial charge in [-0.3, -0.25) is 14.4 Å². The van der Waals surface area contributed by atoms with E-state index < -0.39 is 11.5 Å². The molecule has 3 heterocycles. The third kappa shape index (κ3) is 4.35. The lowest BCUT2D eigenvalue weighted by Gasteiger charge is -2.37. The fourth-order valence-corrected chi connectivity index (χ4v) is 4.07. The molecule has 0 radical (unpaired) electrons. The number of furan rings is 1. The number of methoxy groups -OCH3 is 1. The third-order valence-corrected chi connectivity index (χ3v) is 5.69. The third-order valence-electron chi connectivity index (χ3n) is 5.69. The van der Waals surface area contributed by atoms with Crippen molar-refractivity contribution in [3.05, 3.63) is 58.1 Å². The number of fused-ring (bicyclic) bond motifs is 1. The van der Waals surface area contributed by atoms with Gasteiger partial charge in [0.05, 0.1) is 18.3 Å². The molecule has 180 valence electrons. The molecule has 0 bridgehead atoms. The first-order valence-electron chi connectivity index (χ1n) is 10.7. The number of carbonyl (C=O) groups excluding carboxylic acids is 2. The van der Waals surface area contributed by atoms with E-state index in [2.05, 4.69) is 5.48 Å². The Kier molecular flexibility index (Phi) is 6.85. The van der Waals surface area contributed by atoms with E-state index in [1.54, 1.807) is 24.1 Å². The largest absolute Gasteiger partial charge is 0.435 e. The van der Waals surface area contributed by atoms with Crippen molar-refractivity contribution in [3.63, 3.8) is 0 Å². The number of carbonyl (C=O) groups is 2. The first kappa shape index (κ1) is 23.3. The lowest BCUT2D eigenvalue weighted by Crippen LogP contribution is -2.49. The average molecular weight is 470 g/mol. The van der Waals surface area contributed by atoms with E-state index in [1.807, 2.05) is 29.2 Å². The van der Waals surface area contributed by atoms with Gasteiger partial charge in [-0.15, -0.1) is 0 Å². The van der Waals surface area contributed by atoms with Gasteiger partial charge >= 0.3 is 5.97 Å². The second kappa shape index (κ2) is 9.98. The predicted molar refractivity (Wildman–Crippen MR) is 124 cm³/mol.